The lowest BCUT2D eigenvalue weighted by Crippen LogP contribution is -2.32. The lowest BCUT2D eigenvalue weighted by atomic mass is 10.0. The van der Waals surface area contributed by atoms with Crippen molar-refractivity contribution in [3.05, 3.63) is 23.8 Å². The fraction of sp³-hybridized carbons (Fsp3) is 0.533. The highest BCUT2D eigenvalue weighted by Gasteiger charge is 2.18. The predicted octanol–water partition coefficient (Wildman–Crippen LogP) is 2.50. The van der Waals surface area contributed by atoms with E-state index in [1.165, 1.54) is 0 Å². The van der Waals surface area contributed by atoms with E-state index in [4.69, 9.17) is 5.73 Å². The first-order valence-corrected chi connectivity index (χ1v) is 6.71. The summed E-state index contributed by atoms with van der Waals surface area (Å²) in [5.41, 5.74) is 8.07. The second kappa shape index (κ2) is 6.45. The molecule has 1 aromatic carbocycles. The number of hydrogen-bond donors (Lipinski definition) is 2. The minimum Gasteiger partial charge on any atom is -0.399 e. The van der Waals surface area contributed by atoms with Crippen LogP contribution >= 0.6 is 0 Å². The van der Waals surface area contributed by atoms with E-state index in [1.807, 2.05) is 13.1 Å². The number of anilines is 2. The van der Waals surface area contributed by atoms with Crippen LogP contribution < -0.4 is 16.0 Å². The maximum atomic E-state index is 11.9. The van der Waals surface area contributed by atoms with E-state index < -0.39 is 0 Å². The molecule has 0 aliphatic heterocycles. The number of nitrogens with two attached hydrogens (primary N) is 1. The molecule has 1 aromatic rings. The second-order valence-electron chi connectivity index (χ2n) is 5.45. The van der Waals surface area contributed by atoms with Crippen LogP contribution in [0.15, 0.2) is 18.2 Å². The molecule has 106 valence electrons. The number of nitrogens with one attached hydrogen (secondary N) is 1. The Morgan fingerprint density at radius 1 is 1.37 bits per heavy atom. The Kier molecular flexibility index (Phi) is 5.21. The Morgan fingerprint density at radius 3 is 2.53 bits per heavy atom. The van der Waals surface area contributed by atoms with Crippen LogP contribution in [0.25, 0.3) is 0 Å². The van der Waals surface area contributed by atoms with Crippen molar-refractivity contribution in [3.63, 3.8) is 0 Å². The molecule has 3 N–H and O–H groups in total. The fourth-order valence-electron chi connectivity index (χ4n) is 2.24. The summed E-state index contributed by atoms with van der Waals surface area (Å²) >= 11 is 0. The summed E-state index contributed by atoms with van der Waals surface area (Å²) < 4.78 is 0. The molecule has 0 saturated heterocycles. The maximum Gasteiger partial charge on any atom is 0.253 e. The van der Waals surface area contributed by atoms with Crippen LogP contribution in [0.3, 0.4) is 0 Å². The number of carbonyl (C=O) groups excluding carboxylic acids is 1. The Morgan fingerprint density at radius 2 is 2.00 bits per heavy atom. The van der Waals surface area contributed by atoms with E-state index in [2.05, 4.69) is 31.0 Å². The quantitative estimate of drug-likeness (QED) is 0.802. The molecule has 0 heterocycles. The van der Waals surface area contributed by atoms with Gasteiger partial charge in [-0.05, 0) is 37.5 Å². The van der Waals surface area contributed by atoms with Crippen LogP contribution in [-0.4, -0.2) is 26.0 Å². The van der Waals surface area contributed by atoms with Gasteiger partial charge in [0.05, 0.1) is 11.3 Å². The summed E-state index contributed by atoms with van der Waals surface area (Å²) in [6.07, 6.45) is 1.07. The zero-order valence-corrected chi connectivity index (χ0v) is 12.5. The summed E-state index contributed by atoms with van der Waals surface area (Å²) in [7, 11) is 3.65. The molecular weight excluding hydrogens is 238 g/mol. The third-order valence-corrected chi connectivity index (χ3v) is 3.35. The second-order valence-corrected chi connectivity index (χ2v) is 5.45. The van der Waals surface area contributed by atoms with Crippen LogP contribution in [0.1, 0.15) is 37.6 Å². The van der Waals surface area contributed by atoms with Gasteiger partial charge in [0.1, 0.15) is 0 Å². The van der Waals surface area contributed by atoms with E-state index in [9.17, 15) is 4.79 Å². The number of amides is 1. The van der Waals surface area contributed by atoms with Gasteiger partial charge in [0.15, 0.2) is 0 Å². The van der Waals surface area contributed by atoms with Crippen LogP contribution in [0, 0.1) is 5.92 Å². The number of nitrogen functional groups attached to an aromatic ring is 1. The zero-order valence-electron chi connectivity index (χ0n) is 12.5. The lowest BCUT2D eigenvalue weighted by Gasteiger charge is -2.30. The number of nitrogens with zero attached hydrogens (tertiary/aromatic N) is 1. The van der Waals surface area contributed by atoms with Gasteiger partial charge in [-0.15, -0.1) is 0 Å². The maximum absolute atomic E-state index is 11.9. The zero-order chi connectivity index (χ0) is 14.6. The third-order valence-electron chi connectivity index (χ3n) is 3.35. The molecule has 0 bridgehead atoms. The number of rotatable bonds is 5. The molecular formula is C15H25N3O. The van der Waals surface area contributed by atoms with Crippen molar-refractivity contribution in [2.75, 3.05) is 24.7 Å². The van der Waals surface area contributed by atoms with Gasteiger partial charge in [-0.3, -0.25) is 4.79 Å². The molecule has 0 fully saturated rings. The highest BCUT2D eigenvalue weighted by molar-refractivity contribution is 6.00. The molecule has 1 atom stereocenters. The molecule has 4 nitrogen and oxygen atoms in total. The van der Waals surface area contributed by atoms with Gasteiger partial charge < -0.3 is 16.0 Å². The average molecular weight is 263 g/mol. The first-order chi connectivity index (χ1) is 8.86. The highest BCUT2D eigenvalue weighted by Crippen LogP contribution is 2.26. The van der Waals surface area contributed by atoms with Gasteiger partial charge in [-0.1, -0.05) is 13.8 Å². The topological polar surface area (TPSA) is 58.4 Å². The summed E-state index contributed by atoms with van der Waals surface area (Å²) in [5, 5.41) is 2.67. The van der Waals surface area contributed by atoms with Crippen LogP contribution in [0.2, 0.25) is 0 Å². The Labute approximate surface area is 116 Å². The van der Waals surface area contributed by atoms with E-state index in [0.717, 1.165) is 12.1 Å². The number of benzene rings is 1. The molecule has 0 spiro atoms. The highest BCUT2D eigenvalue weighted by atomic mass is 16.1. The first-order valence-electron chi connectivity index (χ1n) is 6.71. The van der Waals surface area contributed by atoms with E-state index in [1.54, 1.807) is 19.2 Å². The minimum absolute atomic E-state index is 0.0846. The van der Waals surface area contributed by atoms with Crippen molar-refractivity contribution >= 4 is 17.3 Å². The summed E-state index contributed by atoms with van der Waals surface area (Å²) in [4.78, 5) is 14.0. The fourth-order valence-corrected chi connectivity index (χ4v) is 2.24. The Hall–Kier alpha value is -1.71. The Bertz CT molecular complexity index is 443. The van der Waals surface area contributed by atoms with Crippen molar-refractivity contribution in [2.45, 2.75) is 33.2 Å². The van der Waals surface area contributed by atoms with Gasteiger partial charge in [-0.2, -0.15) is 0 Å². The van der Waals surface area contributed by atoms with Crippen molar-refractivity contribution < 1.29 is 4.79 Å². The summed E-state index contributed by atoms with van der Waals surface area (Å²) in [6.45, 7) is 6.56. The predicted molar refractivity (Wildman–Crippen MR) is 81.6 cm³/mol. The van der Waals surface area contributed by atoms with Gasteiger partial charge in [0.2, 0.25) is 0 Å². The van der Waals surface area contributed by atoms with E-state index in [-0.39, 0.29) is 5.91 Å². The van der Waals surface area contributed by atoms with E-state index in [0.29, 0.717) is 23.2 Å². The molecule has 0 aliphatic carbocycles. The normalized spacial score (nSPS) is 12.3. The largest absolute Gasteiger partial charge is 0.399 e. The summed E-state index contributed by atoms with van der Waals surface area (Å²) in [6, 6.07) is 5.75. The van der Waals surface area contributed by atoms with Crippen molar-refractivity contribution in [1.29, 1.82) is 0 Å². The molecule has 1 rings (SSSR count). The van der Waals surface area contributed by atoms with Gasteiger partial charge in [-0.25, -0.2) is 0 Å². The molecule has 1 amide bonds. The SMILES string of the molecule is CNC(=O)c1ccc(N)cc1N(C)C(C)CC(C)C. The molecule has 0 saturated carbocycles. The van der Waals surface area contributed by atoms with Gasteiger partial charge in [0, 0.05) is 25.8 Å². The van der Waals surface area contributed by atoms with Crippen molar-refractivity contribution in [3.8, 4) is 0 Å². The van der Waals surface area contributed by atoms with Crippen molar-refractivity contribution in [2.24, 2.45) is 5.92 Å². The van der Waals surface area contributed by atoms with Gasteiger partial charge in [0.25, 0.3) is 5.91 Å². The first kappa shape index (κ1) is 15.3. The summed E-state index contributed by atoms with van der Waals surface area (Å²) in [5.74, 6) is 0.528. The van der Waals surface area contributed by atoms with Gasteiger partial charge >= 0.3 is 0 Å². The third kappa shape index (κ3) is 3.88. The molecule has 4 heteroatoms. The van der Waals surface area contributed by atoms with Crippen molar-refractivity contribution in [1.82, 2.24) is 5.32 Å². The van der Waals surface area contributed by atoms with Crippen LogP contribution in [-0.2, 0) is 0 Å². The standard InChI is InChI=1S/C15H25N3O/c1-10(2)8-11(3)18(5)14-9-12(16)6-7-13(14)15(19)17-4/h6-7,9-11H,8,16H2,1-5H3,(H,17,19). The average Bonchev–Trinajstić information content (AvgIpc) is 2.36. The molecule has 0 aromatic heterocycles. The molecule has 0 aliphatic rings. The molecule has 1 unspecified atom stereocenters. The molecule has 0 radical (unpaired) electrons. The monoisotopic (exact) mass is 263 g/mol. The van der Waals surface area contributed by atoms with Crippen LogP contribution in [0.5, 0.6) is 0 Å². The molecule has 19 heavy (non-hydrogen) atoms. The van der Waals surface area contributed by atoms with Crippen LogP contribution in [0.4, 0.5) is 11.4 Å². The Balaban J connectivity index is 3.09. The minimum atomic E-state index is -0.0846. The number of carbonyl (C=O) groups is 1. The lowest BCUT2D eigenvalue weighted by molar-refractivity contribution is 0.0963. The number of hydrogen-bond acceptors (Lipinski definition) is 3. The van der Waals surface area contributed by atoms with E-state index >= 15 is 0 Å². The smallest absolute Gasteiger partial charge is 0.253 e.